The summed E-state index contributed by atoms with van der Waals surface area (Å²) in [5.74, 6) is 1.15. The fourth-order valence-electron chi connectivity index (χ4n) is 1.15. The van der Waals surface area contributed by atoms with Gasteiger partial charge in [0.15, 0.2) is 0 Å². The molecule has 1 heterocycles. The number of aliphatic imine (C=N–C) groups is 1. The molecular formula is C10H9Cl2NS2. The maximum absolute atomic E-state index is 6.08. The topological polar surface area (TPSA) is 12.4 Å². The molecule has 2 rings (SSSR count). The first-order valence-electron chi connectivity index (χ1n) is 4.56. The highest BCUT2D eigenvalue weighted by molar-refractivity contribution is 8.39. The van der Waals surface area contributed by atoms with E-state index in [0.717, 1.165) is 21.6 Å². The number of hydrogen-bond acceptors (Lipinski definition) is 3. The molecule has 0 radical (unpaired) electrons. The quantitative estimate of drug-likeness (QED) is 0.745. The fourth-order valence-corrected chi connectivity index (χ4v) is 3.70. The first-order valence-corrected chi connectivity index (χ1v) is 7.11. The van der Waals surface area contributed by atoms with E-state index in [0.29, 0.717) is 10.0 Å². The zero-order valence-electron chi connectivity index (χ0n) is 7.87. The molecule has 0 saturated carbocycles. The number of benzene rings is 1. The summed E-state index contributed by atoms with van der Waals surface area (Å²) in [6, 6.07) is 5.55. The van der Waals surface area contributed by atoms with E-state index in [1.165, 1.54) is 6.42 Å². The van der Waals surface area contributed by atoms with Gasteiger partial charge in [-0.05, 0) is 24.6 Å². The number of rotatable bonds is 1. The van der Waals surface area contributed by atoms with Gasteiger partial charge in [-0.1, -0.05) is 46.7 Å². The first-order chi connectivity index (χ1) is 7.25. The Morgan fingerprint density at radius 1 is 1.33 bits per heavy atom. The molecule has 15 heavy (non-hydrogen) atoms. The minimum Gasteiger partial charge on any atom is -0.271 e. The van der Waals surface area contributed by atoms with Gasteiger partial charge in [0.1, 0.15) is 4.38 Å². The summed E-state index contributed by atoms with van der Waals surface area (Å²) in [5, 5.41) is 1.36. The van der Waals surface area contributed by atoms with Crippen LogP contribution in [0.3, 0.4) is 0 Å². The van der Waals surface area contributed by atoms with Gasteiger partial charge in [0.2, 0.25) is 0 Å². The lowest BCUT2D eigenvalue weighted by atomic mass is 10.4. The Morgan fingerprint density at radius 2 is 2.20 bits per heavy atom. The molecule has 80 valence electrons. The Bertz CT molecular complexity index is 393. The lowest BCUT2D eigenvalue weighted by Gasteiger charge is -2.11. The standard InChI is InChI=1S/C10H9Cl2NS2/c11-7-2-3-9(8(12)6-7)15-10-13-4-1-5-14-10/h2-3,6H,1,4-5H2. The van der Waals surface area contributed by atoms with Gasteiger partial charge in [0, 0.05) is 22.2 Å². The summed E-state index contributed by atoms with van der Waals surface area (Å²) < 4.78 is 1.10. The second kappa shape index (κ2) is 5.48. The Kier molecular flexibility index (Phi) is 4.26. The van der Waals surface area contributed by atoms with Crippen LogP contribution >= 0.6 is 46.7 Å². The van der Waals surface area contributed by atoms with Gasteiger partial charge in [0.25, 0.3) is 0 Å². The molecule has 0 aromatic heterocycles. The normalized spacial score (nSPS) is 16.3. The zero-order chi connectivity index (χ0) is 10.7. The van der Waals surface area contributed by atoms with Crippen molar-refractivity contribution < 1.29 is 0 Å². The molecule has 1 aliphatic heterocycles. The van der Waals surface area contributed by atoms with Crippen LogP contribution in [0.2, 0.25) is 10.0 Å². The molecule has 0 aliphatic carbocycles. The van der Waals surface area contributed by atoms with Crippen LogP contribution in [0.1, 0.15) is 6.42 Å². The SMILES string of the molecule is Clc1ccc(SC2=NCCCS2)c(Cl)c1. The summed E-state index contributed by atoms with van der Waals surface area (Å²) in [4.78, 5) is 5.46. The van der Waals surface area contributed by atoms with E-state index in [2.05, 4.69) is 4.99 Å². The maximum Gasteiger partial charge on any atom is 0.129 e. The molecule has 0 atom stereocenters. The molecule has 0 unspecified atom stereocenters. The molecule has 0 fully saturated rings. The van der Waals surface area contributed by atoms with Gasteiger partial charge in [0.05, 0.1) is 5.02 Å². The van der Waals surface area contributed by atoms with Crippen LogP contribution in [0, 0.1) is 0 Å². The highest BCUT2D eigenvalue weighted by Crippen LogP contribution is 2.34. The molecule has 0 N–H and O–H groups in total. The van der Waals surface area contributed by atoms with E-state index in [1.54, 1.807) is 29.6 Å². The second-order valence-corrected chi connectivity index (χ2v) is 6.24. The van der Waals surface area contributed by atoms with Gasteiger partial charge in [-0.3, -0.25) is 4.99 Å². The van der Waals surface area contributed by atoms with Crippen LogP contribution in [0.25, 0.3) is 0 Å². The van der Waals surface area contributed by atoms with Crippen LogP contribution in [0.4, 0.5) is 0 Å². The molecule has 1 aromatic carbocycles. The first kappa shape index (κ1) is 11.6. The highest BCUT2D eigenvalue weighted by Gasteiger charge is 2.10. The second-order valence-electron chi connectivity index (χ2n) is 3.03. The number of thioether (sulfide) groups is 2. The number of halogens is 2. The van der Waals surface area contributed by atoms with E-state index in [1.807, 2.05) is 12.1 Å². The summed E-state index contributed by atoms with van der Waals surface area (Å²) in [6.45, 7) is 0.931. The Balaban J connectivity index is 2.13. The largest absolute Gasteiger partial charge is 0.271 e. The van der Waals surface area contributed by atoms with Crippen LogP contribution in [0.5, 0.6) is 0 Å². The van der Waals surface area contributed by atoms with Crippen molar-refractivity contribution >= 4 is 51.1 Å². The van der Waals surface area contributed by atoms with Crippen molar-refractivity contribution in [3.05, 3.63) is 28.2 Å². The predicted octanol–water partition coefficient (Wildman–Crippen LogP) is 4.58. The van der Waals surface area contributed by atoms with E-state index in [4.69, 9.17) is 23.2 Å². The third kappa shape index (κ3) is 3.31. The lowest BCUT2D eigenvalue weighted by Crippen LogP contribution is -1.99. The molecule has 0 saturated heterocycles. The number of hydrogen-bond donors (Lipinski definition) is 0. The van der Waals surface area contributed by atoms with Crippen molar-refractivity contribution in [2.24, 2.45) is 4.99 Å². The lowest BCUT2D eigenvalue weighted by molar-refractivity contribution is 0.942. The number of nitrogens with zero attached hydrogens (tertiary/aromatic N) is 1. The van der Waals surface area contributed by atoms with Crippen molar-refractivity contribution in [3.63, 3.8) is 0 Å². The highest BCUT2D eigenvalue weighted by atomic mass is 35.5. The molecule has 5 heteroatoms. The Hall–Kier alpha value is 0.170. The summed E-state index contributed by atoms with van der Waals surface area (Å²) >= 11 is 15.3. The van der Waals surface area contributed by atoms with Crippen LogP contribution in [-0.2, 0) is 0 Å². The van der Waals surface area contributed by atoms with Crippen molar-refractivity contribution in [1.82, 2.24) is 0 Å². The van der Waals surface area contributed by atoms with Gasteiger partial charge in [-0.25, -0.2) is 0 Å². The van der Waals surface area contributed by atoms with Gasteiger partial charge in [-0.15, -0.1) is 0 Å². The van der Waals surface area contributed by atoms with Crippen molar-refractivity contribution in [2.75, 3.05) is 12.3 Å². The third-order valence-electron chi connectivity index (χ3n) is 1.86. The van der Waals surface area contributed by atoms with Crippen LogP contribution in [-0.4, -0.2) is 16.7 Å². The molecule has 1 aromatic rings. The van der Waals surface area contributed by atoms with Gasteiger partial charge < -0.3 is 0 Å². The van der Waals surface area contributed by atoms with Crippen molar-refractivity contribution in [2.45, 2.75) is 11.3 Å². The van der Waals surface area contributed by atoms with E-state index >= 15 is 0 Å². The zero-order valence-corrected chi connectivity index (χ0v) is 11.0. The van der Waals surface area contributed by atoms with Crippen LogP contribution in [0.15, 0.2) is 28.1 Å². The fraction of sp³-hybridized carbons (Fsp3) is 0.300. The minimum atomic E-state index is 0.669. The van der Waals surface area contributed by atoms with E-state index < -0.39 is 0 Å². The molecule has 0 bridgehead atoms. The summed E-state index contributed by atoms with van der Waals surface area (Å²) in [5.41, 5.74) is 0. The van der Waals surface area contributed by atoms with Crippen molar-refractivity contribution in [3.8, 4) is 0 Å². The third-order valence-corrected chi connectivity index (χ3v) is 4.87. The Labute approximate surface area is 108 Å². The Morgan fingerprint density at radius 3 is 2.87 bits per heavy atom. The molecule has 0 amide bonds. The summed E-state index contributed by atoms with van der Waals surface area (Å²) in [6.07, 6.45) is 1.17. The molecule has 0 spiro atoms. The minimum absolute atomic E-state index is 0.669. The van der Waals surface area contributed by atoms with E-state index in [-0.39, 0.29) is 0 Å². The van der Waals surface area contributed by atoms with E-state index in [9.17, 15) is 0 Å². The van der Waals surface area contributed by atoms with Gasteiger partial charge >= 0.3 is 0 Å². The van der Waals surface area contributed by atoms with Crippen LogP contribution < -0.4 is 0 Å². The smallest absolute Gasteiger partial charge is 0.129 e. The molecular weight excluding hydrogens is 269 g/mol. The monoisotopic (exact) mass is 277 g/mol. The average Bonchev–Trinajstić information content (AvgIpc) is 2.24. The van der Waals surface area contributed by atoms with Gasteiger partial charge in [-0.2, -0.15) is 0 Å². The maximum atomic E-state index is 6.08. The molecule has 1 aliphatic rings. The van der Waals surface area contributed by atoms with Crippen molar-refractivity contribution in [1.29, 1.82) is 0 Å². The average molecular weight is 278 g/mol. The summed E-state index contributed by atoms with van der Waals surface area (Å²) in [7, 11) is 0. The predicted molar refractivity (Wildman–Crippen MR) is 71.7 cm³/mol. The molecule has 1 nitrogen and oxygen atoms in total.